The summed E-state index contributed by atoms with van der Waals surface area (Å²) in [6, 6.07) is 36.9. The number of carbonyl (C=O) groups is 2. The largest absolute Gasteiger partial charge is 0.335 e. The van der Waals surface area contributed by atoms with Crippen LogP contribution < -0.4 is 5.32 Å². The van der Waals surface area contributed by atoms with Gasteiger partial charge in [0.25, 0.3) is 11.7 Å². The van der Waals surface area contributed by atoms with Crippen molar-refractivity contribution in [3.05, 3.63) is 138 Å². The molecule has 4 aromatic carbocycles. The molecule has 0 bridgehead atoms. The van der Waals surface area contributed by atoms with E-state index in [1.165, 1.54) is 0 Å². The Morgan fingerprint density at radius 2 is 1.15 bits per heavy atom. The Hall–Kier alpha value is -4.44. The summed E-state index contributed by atoms with van der Waals surface area (Å²) in [5.41, 5.74) is 4.06. The number of para-hydroxylation sites is 2. The molecule has 4 nitrogen and oxygen atoms in total. The maximum atomic E-state index is 13.2. The number of anilines is 1. The van der Waals surface area contributed by atoms with E-state index in [0.29, 0.717) is 11.3 Å². The predicted molar refractivity (Wildman–Crippen MR) is 131 cm³/mol. The number of hydrogen-bond donors (Lipinski definition) is 1. The number of rotatable bonds is 6. The van der Waals surface area contributed by atoms with Crippen LogP contribution in [0.3, 0.4) is 0 Å². The number of amides is 1. The summed E-state index contributed by atoms with van der Waals surface area (Å²) in [5, 5.41) is 3.46. The summed E-state index contributed by atoms with van der Waals surface area (Å²) >= 11 is 0. The fourth-order valence-electron chi connectivity index (χ4n) is 4.22. The summed E-state index contributed by atoms with van der Waals surface area (Å²) in [6.45, 7) is 0. The normalized spacial score (nSPS) is 10.9. The van der Waals surface area contributed by atoms with Crippen molar-refractivity contribution in [1.29, 1.82) is 0 Å². The van der Waals surface area contributed by atoms with Crippen molar-refractivity contribution in [2.75, 3.05) is 5.32 Å². The second-order valence-electron chi connectivity index (χ2n) is 7.84. The van der Waals surface area contributed by atoms with Crippen molar-refractivity contribution >= 4 is 28.3 Å². The first-order chi connectivity index (χ1) is 16.2. The highest BCUT2D eigenvalue weighted by Crippen LogP contribution is 2.33. The van der Waals surface area contributed by atoms with Crippen molar-refractivity contribution in [3.63, 3.8) is 0 Å². The molecular formula is C29H22N2O2. The second-order valence-corrected chi connectivity index (χ2v) is 7.84. The topological polar surface area (TPSA) is 51.1 Å². The van der Waals surface area contributed by atoms with Crippen LogP contribution >= 0.6 is 0 Å². The Labute approximate surface area is 192 Å². The summed E-state index contributed by atoms with van der Waals surface area (Å²) in [7, 11) is 0. The molecule has 0 spiro atoms. The van der Waals surface area contributed by atoms with Gasteiger partial charge in [-0.1, -0.05) is 97.1 Å². The zero-order valence-corrected chi connectivity index (χ0v) is 17.9. The Kier molecular flexibility index (Phi) is 5.56. The maximum absolute atomic E-state index is 13.2. The lowest BCUT2D eigenvalue weighted by Crippen LogP contribution is -2.22. The van der Waals surface area contributed by atoms with Crippen LogP contribution in [0.1, 0.15) is 27.5 Å². The minimum atomic E-state index is -0.653. The molecule has 0 aliphatic heterocycles. The summed E-state index contributed by atoms with van der Waals surface area (Å²) in [4.78, 5) is 26.1. The molecule has 0 aliphatic rings. The van der Waals surface area contributed by atoms with Gasteiger partial charge in [0.15, 0.2) is 0 Å². The number of nitrogens with one attached hydrogen (secondary N) is 1. The van der Waals surface area contributed by atoms with Crippen molar-refractivity contribution < 1.29 is 9.59 Å². The lowest BCUT2D eigenvalue weighted by Gasteiger charge is -2.21. The van der Waals surface area contributed by atoms with Crippen molar-refractivity contribution in [2.45, 2.75) is 6.04 Å². The standard InChI is InChI=1S/C29H22N2O2/c32-28(29(33)30-23-16-8-3-9-17-23)25-20-31(26-19-11-10-18-24(25)26)27(21-12-4-1-5-13-21)22-14-6-2-7-15-22/h1-20,27H,(H,30,33). The van der Waals surface area contributed by atoms with Crippen LogP contribution in [-0.2, 0) is 4.79 Å². The molecule has 5 rings (SSSR count). The van der Waals surface area contributed by atoms with Gasteiger partial charge in [-0.25, -0.2) is 0 Å². The van der Waals surface area contributed by atoms with Gasteiger partial charge in [0.2, 0.25) is 0 Å². The molecule has 1 heterocycles. The third-order valence-electron chi connectivity index (χ3n) is 5.73. The van der Waals surface area contributed by atoms with E-state index < -0.39 is 11.7 Å². The Balaban J connectivity index is 1.62. The van der Waals surface area contributed by atoms with Crippen molar-refractivity contribution in [2.24, 2.45) is 0 Å². The van der Waals surface area contributed by atoms with Crippen molar-refractivity contribution in [1.82, 2.24) is 4.57 Å². The van der Waals surface area contributed by atoms with Crippen LogP contribution in [-0.4, -0.2) is 16.3 Å². The molecule has 5 aromatic rings. The van der Waals surface area contributed by atoms with Gasteiger partial charge in [0, 0.05) is 22.8 Å². The fourth-order valence-corrected chi connectivity index (χ4v) is 4.22. The van der Waals surface area contributed by atoms with E-state index in [-0.39, 0.29) is 6.04 Å². The number of hydrogen-bond acceptors (Lipinski definition) is 2. The van der Waals surface area contributed by atoms with Gasteiger partial charge in [0.1, 0.15) is 0 Å². The number of benzene rings is 4. The molecule has 1 amide bonds. The van der Waals surface area contributed by atoms with Crippen LogP contribution in [0.5, 0.6) is 0 Å². The molecule has 33 heavy (non-hydrogen) atoms. The molecule has 0 saturated carbocycles. The number of carbonyl (C=O) groups excluding carboxylic acids is 2. The number of nitrogens with zero attached hydrogens (tertiary/aromatic N) is 1. The number of aromatic nitrogens is 1. The average molecular weight is 431 g/mol. The van der Waals surface area contributed by atoms with Gasteiger partial charge >= 0.3 is 0 Å². The first-order valence-corrected chi connectivity index (χ1v) is 10.8. The molecule has 1 aromatic heterocycles. The molecule has 0 radical (unpaired) electrons. The molecule has 0 atom stereocenters. The molecule has 160 valence electrons. The quantitative estimate of drug-likeness (QED) is 0.261. The third kappa shape index (κ3) is 4.06. The molecule has 4 heteroatoms. The fraction of sp³-hybridized carbons (Fsp3) is 0.0345. The third-order valence-corrected chi connectivity index (χ3v) is 5.73. The van der Waals surface area contributed by atoms with Gasteiger partial charge in [-0.05, 0) is 29.3 Å². The predicted octanol–water partition coefficient (Wildman–Crippen LogP) is 6.10. The summed E-state index contributed by atoms with van der Waals surface area (Å²) in [5.74, 6) is -1.21. The van der Waals surface area contributed by atoms with E-state index in [1.807, 2.05) is 85.1 Å². The van der Waals surface area contributed by atoms with E-state index in [2.05, 4.69) is 34.1 Å². The second kappa shape index (κ2) is 8.97. The van der Waals surface area contributed by atoms with Gasteiger partial charge in [-0.3, -0.25) is 9.59 Å². The molecule has 0 fully saturated rings. The smallest absolute Gasteiger partial charge is 0.296 e. The molecule has 0 aliphatic carbocycles. The zero-order valence-electron chi connectivity index (χ0n) is 17.9. The van der Waals surface area contributed by atoms with Crippen LogP contribution in [0.4, 0.5) is 5.69 Å². The van der Waals surface area contributed by atoms with Gasteiger partial charge in [-0.2, -0.15) is 0 Å². The molecule has 0 unspecified atom stereocenters. The first kappa shape index (κ1) is 20.5. The van der Waals surface area contributed by atoms with Crippen LogP contribution in [0.25, 0.3) is 10.9 Å². The Morgan fingerprint density at radius 1 is 0.636 bits per heavy atom. The lowest BCUT2D eigenvalue weighted by molar-refractivity contribution is -0.112. The van der Waals surface area contributed by atoms with Crippen LogP contribution in [0.15, 0.2) is 121 Å². The summed E-state index contributed by atoms with van der Waals surface area (Å²) in [6.07, 6.45) is 1.81. The highest BCUT2D eigenvalue weighted by atomic mass is 16.2. The van der Waals surface area contributed by atoms with E-state index in [9.17, 15) is 9.59 Å². The molecular weight excluding hydrogens is 408 g/mol. The molecule has 1 N–H and O–H groups in total. The zero-order chi connectivity index (χ0) is 22.6. The van der Waals surface area contributed by atoms with E-state index >= 15 is 0 Å². The SMILES string of the molecule is O=C(Nc1ccccc1)C(=O)c1cn(C(c2ccccc2)c2ccccc2)c2ccccc12. The highest BCUT2D eigenvalue weighted by molar-refractivity contribution is 6.48. The van der Waals surface area contributed by atoms with E-state index in [1.54, 1.807) is 12.1 Å². The number of ketones is 1. The van der Waals surface area contributed by atoms with Gasteiger partial charge in [-0.15, -0.1) is 0 Å². The monoisotopic (exact) mass is 430 g/mol. The highest BCUT2D eigenvalue weighted by Gasteiger charge is 2.25. The maximum Gasteiger partial charge on any atom is 0.296 e. The van der Waals surface area contributed by atoms with Gasteiger partial charge < -0.3 is 9.88 Å². The van der Waals surface area contributed by atoms with E-state index in [0.717, 1.165) is 22.0 Å². The van der Waals surface area contributed by atoms with Gasteiger partial charge in [0.05, 0.1) is 11.6 Å². The molecule has 0 saturated heterocycles. The Bertz CT molecular complexity index is 1370. The minimum absolute atomic E-state index is 0.143. The lowest BCUT2D eigenvalue weighted by atomic mass is 9.98. The number of fused-ring (bicyclic) bond motifs is 1. The minimum Gasteiger partial charge on any atom is -0.335 e. The van der Waals surface area contributed by atoms with Crippen LogP contribution in [0.2, 0.25) is 0 Å². The average Bonchev–Trinajstić information content (AvgIpc) is 3.25. The number of Topliss-reactive ketones (excluding diaryl/α,β-unsaturated/α-hetero) is 1. The van der Waals surface area contributed by atoms with Crippen LogP contribution in [0, 0.1) is 0 Å². The Morgan fingerprint density at radius 3 is 1.76 bits per heavy atom. The summed E-state index contributed by atoms with van der Waals surface area (Å²) < 4.78 is 2.09. The first-order valence-electron chi connectivity index (χ1n) is 10.8. The van der Waals surface area contributed by atoms with Crippen molar-refractivity contribution in [3.8, 4) is 0 Å². The van der Waals surface area contributed by atoms with E-state index in [4.69, 9.17) is 0 Å².